The molecule has 0 aliphatic rings. The molecule has 63 heavy (non-hydrogen) atoms. The monoisotopic (exact) mass is 804 g/mol. The minimum atomic E-state index is 0.887. The predicted molar refractivity (Wildman–Crippen MR) is 264 cm³/mol. The van der Waals surface area contributed by atoms with E-state index >= 15 is 0 Å². The van der Waals surface area contributed by atoms with E-state index in [0.29, 0.717) is 0 Å². The van der Waals surface area contributed by atoms with Crippen molar-refractivity contribution >= 4 is 60.8 Å². The molecule has 3 nitrogen and oxygen atoms in total. The first-order valence-corrected chi connectivity index (χ1v) is 21.5. The van der Waals surface area contributed by atoms with E-state index in [2.05, 4.69) is 240 Å². The van der Waals surface area contributed by atoms with Gasteiger partial charge in [-0.2, -0.15) is 0 Å². The van der Waals surface area contributed by atoms with Crippen LogP contribution in [0.2, 0.25) is 0 Å². The van der Waals surface area contributed by atoms with Crippen LogP contribution in [-0.4, -0.2) is 4.57 Å². The number of furan rings is 1. The molecule has 0 saturated heterocycles. The van der Waals surface area contributed by atoms with Crippen LogP contribution >= 0.6 is 0 Å². The quantitative estimate of drug-likeness (QED) is 0.153. The molecule has 0 amide bonds. The molecule has 12 aromatic rings. The molecule has 0 aliphatic heterocycles. The van der Waals surface area contributed by atoms with Gasteiger partial charge in [0.1, 0.15) is 11.2 Å². The number of nitrogens with zero attached hydrogens (tertiary/aromatic N) is 2. The topological polar surface area (TPSA) is 21.3 Å². The Morgan fingerprint density at radius 1 is 0.317 bits per heavy atom. The lowest BCUT2D eigenvalue weighted by Gasteiger charge is -2.28. The number of rotatable bonds is 8. The lowest BCUT2D eigenvalue weighted by molar-refractivity contribution is 0.669. The van der Waals surface area contributed by atoms with Gasteiger partial charge in [-0.3, -0.25) is 0 Å². The Balaban J connectivity index is 0.971. The molecule has 2 aromatic heterocycles. The van der Waals surface area contributed by atoms with Crippen molar-refractivity contribution in [3.05, 3.63) is 243 Å². The number of hydrogen-bond donors (Lipinski definition) is 0. The Kier molecular flexibility index (Phi) is 8.83. The van der Waals surface area contributed by atoms with E-state index in [1.165, 1.54) is 32.9 Å². The summed E-state index contributed by atoms with van der Waals surface area (Å²) < 4.78 is 8.70. The number of anilines is 3. The van der Waals surface area contributed by atoms with Gasteiger partial charge in [-0.25, -0.2) is 0 Å². The van der Waals surface area contributed by atoms with Gasteiger partial charge >= 0.3 is 0 Å². The molecule has 0 spiro atoms. The molecule has 0 atom stereocenters. The standard InChI is InChI=1S/C60H40N2O/c1-2-15-41(16-3-1)44-17-12-18-45(39-44)50-21-4-8-26-55(50)61(49-20-13-19-46(40-49)51-25-14-30-59-60(51)54-24-7-11-29-58(54)63-59)47-35-31-42(32-36-47)43-33-37-48(38-34-43)62-56-27-9-5-22-52(56)53-23-6-10-28-57(53)62/h1-40H. The fraction of sp³-hybridized carbons (Fsp3) is 0. The van der Waals surface area contributed by atoms with E-state index in [1.807, 2.05) is 12.1 Å². The molecule has 2 heterocycles. The second kappa shape index (κ2) is 15.3. The van der Waals surface area contributed by atoms with Crippen LogP contribution in [0, 0.1) is 0 Å². The highest BCUT2D eigenvalue weighted by atomic mass is 16.3. The number of fused-ring (bicyclic) bond motifs is 6. The summed E-state index contributed by atoms with van der Waals surface area (Å²) in [7, 11) is 0. The predicted octanol–water partition coefficient (Wildman–Crippen LogP) is 16.8. The molecule has 0 N–H and O–H groups in total. The van der Waals surface area contributed by atoms with Gasteiger partial charge in [0.15, 0.2) is 0 Å². The Morgan fingerprint density at radius 2 is 0.841 bits per heavy atom. The van der Waals surface area contributed by atoms with Gasteiger partial charge in [-0.05, 0) is 112 Å². The molecular weight excluding hydrogens is 765 g/mol. The van der Waals surface area contributed by atoms with Gasteiger partial charge in [-0.1, -0.05) is 170 Å². The maximum atomic E-state index is 6.33. The SMILES string of the molecule is c1ccc(-c2cccc(-c3ccccc3N(c3ccc(-c4ccc(-n5c6ccccc6c6ccccc65)cc4)cc3)c3cccc(-c4cccc5oc6ccccc6c45)c3)c2)cc1. The van der Waals surface area contributed by atoms with E-state index in [0.717, 1.165) is 78.1 Å². The van der Waals surface area contributed by atoms with Gasteiger partial charge in [-0.15, -0.1) is 0 Å². The molecule has 0 unspecified atom stereocenters. The lowest BCUT2D eigenvalue weighted by Crippen LogP contribution is -2.11. The fourth-order valence-electron chi connectivity index (χ4n) is 9.47. The molecule has 10 aromatic carbocycles. The van der Waals surface area contributed by atoms with Crippen molar-refractivity contribution in [3.63, 3.8) is 0 Å². The summed E-state index contributed by atoms with van der Waals surface area (Å²) in [5.41, 5.74) is 17.8. The minimum Gasteiger partial charge on any atom is -0.456 e. The van der Waals surface area contributed by atoms with E-state index in [4.69, 9.17) is 4.42 Å². The maximum absolute atomic E-state index is 6.33. The first-order valence-electron chi connectivity index (χ1n) is 21.5. The van der Waals surface area contributed by atoms with Crippen LogP contribution in [-0.2, 0) is 0 Å². The second-order valence-electron chi connectivity index (χ2n) is 16.1. The van der Waals surface area contributed by atoms with Crippen molar-refractivity contribution < 1.29 is 4.42 Å². The Bertz CT molecular complexity index is 3560. The average Bonchev–Trinajstić information content (AvgIpc) is 3.91. The highest BCUT2D eigenvalue weighted by Crippen LogP contribution is 2.44. The van der Waals surface area contributed by atoms with Crippen LogP contribution in [0.25, 0.3) is 93.9 Å². The van der Waals surface area contributed by atoms with Crippen molar-refractivity contribution in [2.75, 3.05) is 4.90 Å². The highest BCUT2D eigenvalue weighted by molar-refractivity contribution is 6.13. The number of hydrogen-bond acceptors (Lipinski definition) is 2. The Hall–Kier alpha value is -8.40. The third kappa shape index (κ3) is 6.38. The van der Waals surface area contributed by atoms with E-state index in [-0.39, 0.29) is 0 Å². The van der Waals surface area contributed by atoms with Crippen LogP contribution in [0.1, 0.15) is 0 Å². The molecule has 0 radical (unpaired) electrons. The number of aromatic nitrogens is 1. The highest BCUT2D eigenvalue weighted by Gasteiger charge is 2.20. The van der Waals surface area contributed by atoms with Crippen molar-refractivity contribution in [1.29, 1.82) is 0 Å². The van der Waals surface area contributed by atoms with Crippen molar-refractivity contribution in [1.82, 2.24) is 4.57 Å². The Morgan fingerprint density at radius 3 is 1.60 bits per heavy atom. The Labute approximate surface area is 366 Å². The van der Waals surface area contributed by atoms with Crippen LogP contribution in [0.3, 0.4) is 0 Å². The van der Waals surface area contributed by atoms with Crippen LogP contribution in [0.4, 0.5) is 17.1 Å². The molecule has 12 rings (SSSR count). The summed E-state index contributed by atoms with van der Waals surface area (Å²) in [6.07, 6.45) is 0. The second-order valence-corrected chi connectivity index (χ2v) is 16.1. The first kappa shape index (κ1) is 36.5. The molecule has 3 heteroatoms. The normalized spacial score (nSPS) is 11.5. The molecular formula is C60H40N2O. The van der Waals surface area contributed by atoms with Gasteiger partial charge in [0.05, 0.1) is 16.7 Å². The molecule has 296 valence electrons. The van der Waals surface area contributed by atoms with Gasteiger partial charge < -0.3 is 13.9 Å². The zero-order valence-electron chi connectivity index (χ0n) is 34.4. The molecule has 0 aliphatic carbocycles. The van der Waals surface area contributed by atoms with Crippen molar-refractivity contribution in [2.24, 2.45) is 0 Å². The number of para-hydroxylation sites is 4. The summed E-state index contributed by atoms with van der Waals surface area (Å²) >= 11 is 0. The zero-order chi connectivity index (χ0) is 41.7. The van der Waals surface area contributed by atoms with Crippen LogP contribution in [0.15, 0.2) is 247 Å². The third-order valence-corrected chi connectivity index (χ3v) is 12.4. The first-order chi connectivity index (χ1) is 31.2. The van der Waals surface area contributed by atoms with Gasteiger partial charge in [0, 0.05) is 44.2 Å². The van der Waals surface area contributed by atoms with E-state index in [1.54, 1.807) is 0 Å². The zero-order valence-corrected chi connectivity index (χ0v) is 34.4. The smallest absolute Gasteiger partial charge is 0.136 e. The largest absolute Gasteiger partial charge is 0.456 e. The summed E-state index contributed by atoms with van der Waals surface area (Å²) in [4.78, 5) is 2.40. The van der Waals surface area contributed by atoms with Crippen molar-refractivity contribution in [2.45, 2.75) is 0 Å². The number of benzene rings is 10. The lowest BCUT2D eigenvalue weighted by atomic mass is 9.96. The van der Waals surface area contributed by atoms with Crippen molar-refractivity contribution in [3.8, 4) is 50.2 Å². The van der Waals surface area contributed by atoms with Gasteiger partial charge in [0.2, 0.25) is 0 Å². The third-order valence-electron chi connectivity index (χ3n) is 12.4. The average molecular weight is 805 g/mol. The summed E-state index contributed by atoms with van der Waals surface area (Å²) in [5, 5.41) is 4.77. The molecule has 0 bridgehead atoms. The summed E-state index contributed by atoms with van der Waals surface area (Å²) in [6, 6.07) is 87.1. The summed E-state index contributed by atoms with van der Waals surface area (Å²) in [5.74, 6) is 0. The molecule has 0 saturated carbocycles. The van der Waals surface area contributed by atoms with E-state index < -0.39 is 0 Å². The maximum Gasteiger partial charge on any atom is 0.136 e. The van der Waals surface area contributed by atoms with Gasteiger partial charge in [0.25, 0.3) is 0 Å². The van der Waals surface area contributed by atoms with Crippen LogP contribution in [0.5, 0.6) is 0 Å². The fourth-order valence-corrected chi connectivity index (χ4v) is 9.47. The van der Waals surface area contributed by atoms with Crippen LogP contribution < -0.4 is 4.90 Å². The van der Waals surface area contributed by atoms with E-state index in [9.17, 15) is 0 Å². The minimum absolute atomic E-state index is 0.887. The summed E-state index contributed by atoms with van der Waals surface area (Å²) in [6.45, 7) is 0. The molecule has 0 fully saturated rings.